The number of nitrogens with zero attached hydrogens (tertiary/aromatic N) is 1. The van der Waals surface area contributed by atoms with E-state index < -0.39 is 23.2 Å². The molecule has 23 heavy (non-hydrogen) atoms. The van der Waals surface area contributed by atoms with E-state index in [4.69, 9.17) is 0 Å². The van der Waals surface area contributed by atoms with Crippen molar-refractivity contribution >= 4 is 5.91 Å². The van der Waals surface area contributed by atoms with Crippen LogP contribution >= 0.6 is 0 Å². The summed E-state index contributed by atoms with van der Waals surface area (Å²) in [7, 11) is 0. The van der Waals surface area contributed by atoms with Crippen molar-refractivity contribution in [3.05, 3.63) is 42.2 Å². The minimum absolute atomic E-state index is 0.337. The molecule has 1 heterocycles. The molecule has 1 amide bonds. The van der Waals surface area contributed by atoms with Crippen LogP contribution in [0.2, 0.25) is 0 Å². The SMILES string of the molecule is C=CCC1(NNC(=O)c2cnccc2C(F)(F)F)CCCCC1. The van der Waals surface area contributed by atoms with Gasteiger partial charge in [-0.1, -0.05) is 25.3 Å². The monoisotopic (exact) mass is 327 g/mol. The van der Waals surface area contributed by atoms with E-state index in [1.807, 2.05) is 0 Å². The Hall–Kier alpha value is -1.89. The maximum absolute atomic E-state index is 13.0. The second-order valence-corrected chi connectivity index (χ2v) is 5.83. The summed E-state index contributed by atoms with van der Waals surface area (Å²) in [5.74, 6) is -0.834. The Kier molecular flexibility index (Phi) is 5.41. The van der Waals surface area contributed by atoms with Crippen LogP contribution in [0.3, 0.4) is 0 Å². The lowest BCUT2D eigenvalue weighted by Gasteiger charge is -2.37. The van der Waals surface area contributed by atoms with Crippen LogP contribution in [0.1, 0.15) is 54.4 Å². The number of nitrogens with one attached hydrogen (secondary N) is 2. The summed E-state index contributed by atoms with van der Waals surface area (Å²) in [5.41, 5.74) is 3.56. The third kappa shape index (κ3) is 4.31. The number of hydrogen-bond acceptors (Lipinski definition) is 3. The number of alkyl halides is 3. The minimum atomic E-state index is -4.60. The highest BCUT2D eigenvalue weighted by Crippen LogP contribution is 2.32. The number of hydrogen-bond donors (Lipinski definition) is 2. The zero-order chi connectivity index (χ0) is 16.9. The number of carbonyl (C=O) groups excluding carboxylic acids is 1. The van der Waals surface area contributed by atoms with Gasteiger partial charge in [-0.25, -0.2) is 5.43 Å². The molecule has 1 fully saturated rings. The lowest BCUT2D eigenvalue weighted by molar-refractivity contribution is -0.138. The van der Waals surface area contributed by atoms with Crippen molar-refractivity contribution in [3.8, 4) is 0 Å². The van der Waals surface area contributed by atoms with Gasteiger partial charge >= 0.3 is 6.18 Å². The van der Waals surface area contributed by atoms with E-state index in [0.29, 0.717) is 6.42 Å². The van der Waals surface area contributed by atoms with Crippen LogP contribution in [0.25, 0.3) is 0 Å². The molecule has 1 saturated carbocycles. The molecule has 0 unspecified atom stereocenters. The molecule has 7 heteroatoms. The topological polar surface area (TPSA) is 54.0 Å². The van der Waals surface area contributed by atoms with Gasteiger partial charge < -0.3 is 0 Å². The highest BCUT2D eigenvalue weighted by molar-refractivity contribution is 5.95. The second kappa shape index (κ2) is 7.12. The Balaban J connectivity index is 2.11. The van der Waals surface area contributed by atoms with Gasteiger partial charge in [-0.15, -0.1) is 6.58 Å². The first-order chi connectivity index (χ1) is 10.9. The minimum Gasteiger partial charge on any atom is -0.287 e. The van der Waals surface area contributed by atoms with E-state index in [2.05, 4.69) is 22.4 Å². The fourth-order valence-corrected chi connectivity index (χ4v) is 2.96. The quantitative estimate of drug-likeness (QED) is 0.641. The Morgan fingerprint density at radius 2 is 2.04 bits per heavy atom. The maximum atomic E-state index is 13.0. The average molecular weight is 327 g/mol. The molecule has 0 spiro atoms. The van der Waals surface area contributed by atoms with Crippen LogP contribution in [0.5, 0.6) is 0 Å². The van der Waals surface area contributed by atoms with Gasteiger partial charge in [0.15, 0.2) is 0 Å². The average Bonchev–Trinajstić information content (AvgIpc) is 2.53. The number of amides is 1. The molecule has 2 rings (SSSR count). The van der Waals surface area contributed by atoms with Crippen LogP contribution in [0, 0.1) is 0 Å². The summed E-state index contributed by atoms with van der Waals surface area (Å²) in [6, 6.07) is 0.801. The molecule has 0 aromatic carbocycles. The third-order valence-electron chi connectivity index (χ3n) is 4.16. The normalized spacial score (nSPS) is 17.5. The Bertz CT molecular complexity index is 566. The number of rotatable bonds is 5. The zero-order valence-electron chi connectivity index (χ0n) is 12.7. The van der Waals surface area contributed by atoms with Crippen LogP contribution in [-0.2, 0) is 6.18 Å². The highest BCUT2D eigenvalue weighted by Gasteiger charge is 2.36. The van der Waals surface area contributed by atoms with E-state index in [9.17, 15) is 18.0 Å². The van der Waals surface area contributed by atoms with Gasteiger partial charge in [-0.05, 0) is 25.3 Å². The fraction of sp³-hybridized carbons (Fsp3) is 0.500. The first-order valence-corrected chi connectivity index (χ1v) is 7.58. The third-order valence-corrected chi connectivity index (χ3v) is 4.16. The van der Waals surface area contributed by atoms with Gasteiger partial charge in [0.25, 0.3) is 5.91 Å². The van der Waals surface area contributed by atoms with Crippen molar-refractivity contribution in [2.24, 2.45) is 0 Å². The van der Waals surface area contributed by atoms with Crippen LogP contribution in [0.4, 0.5) is 13.2 Å². The molecule has 1 aromatic heterocycles. The van der Waals surface area contributed by atoms with Crippen molar-refractivity contribution in [2.45, 2.75) is 50.2 Å². The Morgan fingerprint density at radius 3 is 2.65 bits per heavy atom. The highest BCUT2D eigenvalue weighted by atomic mass is 19.4. The first kappa shape index (κ1) is 17.5. The van der Waals surface area contributed by atoms with Crippen molar-refractivity contribution in [3.63, 3.8) is 0 Å². The zero-order valence-corrected chi connectivity index (χ0v) is 12.7. The predicted molar refractivity (Wildman–Crippen MR) is 80.5 cm³/mol. The van der Waals surface area contributed by atoms with Gasteiger partial charge in [-0.3, -0.25) is 15.2 Å². The van der Waals surface area contributed by atoms with Gasteiger partial charge in [0.1, 0.15) is 0 Å². The molecule has 0 saturated heterocycles. The van der Waals surface area contributed by atoms with E-state index in [1.54, 1.807) is 6.08 Å². The number of pyridine rings is 1. The Morgan fingerprint density at radius 1 is 1.35 bits per heavy atom. The molecular formula is C16H20F3N3O. The number of halogens is 3. The van der Waals surface area contributed by atoms with Crippen molar-refractivity contribution < 1.29 is 18.0 Å². The molecular weight excluding hydrogens is 307 g/mol. The smallest absolute Gasteiger partial charge is 0.287 e. The summed E-state index contributed by atoms with van der Waals surface area (Å²) >= 11 is 0. The first-order valence-electron chi connectivity index (χ1n) is 7.58. The largest absolute Gasteiger partial charge is 0.417 e. The number of aromatic nitrogens is 1. The van der Waals surface area contributed by atoms with Crippen LogP contribution in [-0.4, -0.2) is 16.4 Å². The van der Waals surface area contributed by atoms with E-state index in [-0.39, 0.29) is 5.54 Å². The van der Waals surface area contributed by atoms with Gasteiger partial charge in [0, 0.05) is 17.9 Å². The molecule has 1 aliphatic carbocycles. The van der Waals surface area contributed by atoms with Crippen molar-refractivity contribution in [2.75, 3.05) is 0 Å². The molecule has 1 aromatic rings. The molecule has 2 N–H and O–H groups in total. The van der Waals surface area contributed by atoms with Gasteiger partial charge in [0.05, 0.1) is 11.1 Å². The summed E-state index contributed by atoms with van der Waals surface area (Å²) in [6.07, 6.45) is 4.59. The maximum Gasteiger partial charge on any atom is 0.417 e. The summed E-state index contributed by atoms with van der Waals surface area (Å²) in [4.78, 5) is 15.8. The number of carbonyl (C=O) groups is 1. The lowest BCUT2D eigenvalue weighted by atomic mass is 9.80. The van der Waals surface area contributed by atoms with E-state index in [0.717, 1.165) is 50.6 Å². The van der Waals surface area contributed by atoms with Gasteiger partial charge in [0.2, 0.25) is 0 Å². The van der Waals surface area contributed by atoms with Gasteiger partial charge in [-0.2, -0.15) is 13.2 Å². The summed E-state index contributed by atoms with van der Waals surface area (Å²) in [5, 5.41) is 0. The fourth-order valence-electron chi connectivity index (χ4n) is 2.96. The molecule has 0 bridgehead atoms. The van der Waals surface area contributed by atoms with Crippen molar-refractivity contribution in [1.29, 1.82) is 0 Å². The van der Waals surface area contributed by atoms with Crippen LogP contribution in [0.15, 0.2) is 31.1 Å². The second-order valence-electron chi connectivity index (χ2n) is 5.83. The van der Waals surface area contributed by atoms with E-state index in [1.165, 1.54) is 0 Å². The van der Waals surface area contributed by atoms with E-state index >= 15 is 0 Å². The molecule has 126 valence electrons. The standard InChI is InChI=1S/C16H20F3N3O/c1-2-7-15(8-4-3-5-9-15)22-21-14(23)12-11-20-10-6-13(12)16(17,18)19/h2,6,10-11,22H,1,3-5,7-9H2,(H,21,23). The molecule has 4 nitrogen and oxygen atoms in total. The Labute approximate surface area is 133 Å². The van der Waals surface area contributed by atoms with Crippen LogP contribution < -0.4 is 10.9 Å². The molecule has 0 radical (unpaired) electrons. The molecule has 1 aliphatic rings. The predicted octanol–water partition coefficient (Wildman–Crippen LogP) is 3.61. The summed E-state index contributed by atoms with van der Waals surface area (Å²) < 4.78 is 38.9. The van der Waals surface area contributed by atoms with Crippen molar-refractivity contribution in [1.82, 2.24) is 15.8 Å². The lowest BCUT2D eigenvalue weighted by Crippen LogP contribution is -2.55. The molecule has 0 atom stereocenters. The summed E-state index contributed by atoms with van der Waals surface area (Å²) in [6.45, 7) is 3.72. The molecule has 0 aliphatic heterocycles. The number of hydrazine groups is 1.